The molecule has 1 fully saturated rings. The number of carbonyl (C=O) groups is 2. The predicted octanol–water partition coefficient (Wildman–Crippen LogP) is 1.18. The van der Waals surface area contributed by atoms with E-state index in [1.165, 1.54) is 12.1 Å². The second-order valence-corrected chi connectivity index (χ2v) is 4.81. The smallest absolute Gasteiger partial charge is 0.371 e. The fourth-order valence-electron chi connectivity index (χ4n) is 2.02. The highest BCUT2D eigenvalue weighted by atomic mass is 16.5. The van der Waals surface area contributed by atoms with Crippen molar-refractivity contribution in [1.82, 2.24) is 5.32 Å². The van der Waals surface area contributed by atoms with Crippen LogP contribution in [0.2, 0.25) is 0 Å². The summed E-state index contributed by atoms with van der Waals surface area (Å²) in [5, 5.41) is 11.3. The maximum atomic E-state index is 11.6. The van der Waals surface area contributed by atoms with E-state index in [0.717, 1.165) is 19.4 Å². The molecule has 2 heterocycles. The highest BCUT2D eigenvalue weighted by Gasteiger charge is 2.15. The Balaban J connectivity index is 1.57. The Morgan fingerprint density at radius 3 is 2.95 bits per heavy atom. The minimum atomic E-state index is -1.13. The molecule has 0 aromatic carbocycles. The van der Waals surface area contributed by atoms with Crippen LogP contribution in [0.1, 0.15) is 35.6 Å². The molecule has 1 aliphatic heterocycles. The van der Waals surface area contributed by atoms with E-state index in [0.29, 0.717) is 19.0 Å². The van der Waals surface area contributed by atoms with E-state index in [2.05, 4.69) is 5.32 Å². The Morgan fingerprint density at radius 2 is 2.29 bits per heavy atom. The van der Waals surface area contributed by atoms with Gasteiger partial charge in [0.05, 0.1) is 25.9 Å². The summed E-state index contributed by atoms with van der Waals surface area (Å²) in [5.41, 5.74) is 0. The van der Waals surface area contributed by atoms with Gasteiger partial charge in [0.1, 0.15) is 5.76 Å². The van der Waals surface area contributed by atoms with Gasteiger partial charge < -0.3 is 24.3 Å². The molecule has 7 heteroatoms. The minimum absolute atomic E-state index is 0.140. The molecule has 7 nitrogen and oxygen atoms in total. The van der Waals surface area contributed by atoms with Crippen LogP contribution < -0.4 is 5.32 Å². The van der Waals surface area contributed by atoms with Crippen LogP contribution >= 0.6 is 0 Å². The van der Waals surface area contributed by atoms with Crippen LogP contribution in [0.25, 0.3) is 0 Å². The van der Waals surface area contributed by atoms with Gasteiger partial charge in [-0.05, 0) is 25.0 Å². The molecule has 0 aliphatic carbocycles. The molecular formula is C14H19NO6. The Labute approximate surface area is 122 Å². The second-order valence-electron chi connectivity index (χ2n) is 4.81. The van der Waals surface area contributed by atoms with Crippen molar-refractivity contribution in [3.05, 3.63) is 23.7 Å². The SMILES string of the molecule is O=C(CCOCC1CCCO1)NCc1ccc(C(=O)O)o1. The summed E-state index contributed by atoms with van der Waals surface area (Å²) in [5.74, 6) is -1.04. The average molecular weight is 297 g/mol. The maximum Gasteiger partial charge on any atom is 0.371 e. The summed E-state index contributed by atoms with van der Waals surface area (Å²) in [6, 6.07) is 2.88. The third-order valence-electron chi connectivity index (χ3n) is 3.13. The van der Waals surface area contributed by atoms with E-state index < -0.39 is 5.97 Å². The molecule has 116 valence electrons. The summed E-state index contributed by atoms with van der Waals surface area (Å²) >= 11 is 0. The summed E-state index contributed by atoms with van der Waals surface area (Å²) in [6.07, 6.45) is 2.48. The zero-order valence-corrected chi connectivity index (χ0v) is 11.7. The summed E-state index contributed by atoms with van der Waals surface area (Å²) in [4.78, 5) is 22.2. The lowest BCUT2D eigenvalue weighted by atomic mass is 10.2. The summed E-state index contributed by atoms with van der Waals surface area (Å²) in [6.45, 7) is 1.81. The number of aromatic carboxylic acids is 1. The molecule has 1 unspecified atom stereocenters. The standard InChI is InChI=1S/C14H19NO6/c16-13(5-7-19-9-11-2-1-6-20-11)15-8-10-3-4-12(21-10)14(17)18/h3-4,11H,1-2,5-9H2,(H,15,16)(H,17,18). The fourth-order valence-corrected chi connectivity index (χ4v) is 2.02. The lowest BCUT2D eigenvalue weighted by Gasteiger charge is -2.09. The van der Waals surface area contributed by atoms with Crippen LogP contribution in [0.4, 0.5) is 0 Å². The number of nitrogens with one attached hydrogen (secondary N) is 1. The number of carboxylic acids is 1. The maximum absolute atomic E-state index is 11.6. The zero-order valence-electron chi connectivity index (χ0n) is 11.7. The average Bonchev–Trinajstić information content (AvgIpc) is 3.12. The number of carboxylic acid groups (broad SMARTS) is 1. The number of carbonyl (C=O) groups excluding carboxylic acids is 1. The molecule has 21 heavy (non-hydrogen) atoms. The van der Waals surface area contributed by atoms with Crippen molar-refractivity contribution in [2.75, 3.05) is 19.8 Å². The van der Waals surface area contributed by atoms with Gasteiger partial charge in [-0.15, -0.1) is 0 Å². The monoisotopic (exact) mass is 297 g/mol. The fraction of sp³-hybridized carbons (Fsp3) is 0.571. The molecule has 2 N–H and O–H groups in total. The lowest BCUT2D eigenvalue weighted by molar-refractivity contribution is -0.122. The van der Waals surface area contributed by atoms with Crippen LogP contribution in [0.3, 0.4) is 0 Å². The Kier molecular flexibility index (Phi) is 5.77. The molecule has 0 radical (unpaired) electrons. The third-order valence-corrected chi connectivity index (χ3v) is 3.13. The van der Waals surface area contributed by atoms with Gasteiger partial charge in [-0.3, -0.25) is 4.79 Å². The number of ether oxygens (including phenoxy) is 2. The van der Waals surface area contributed by atoms with Crippen molar-refractivity contribution in [2.45, 2.75) is 31.9 Å². The van der Waals surface area contributed by atoms with Gasteiger partial charge in [-0.2, -0.15) is 0 Å². The van der Waals surface area contributed by atoms with Crippen LogP contribution in [-0.2, 0) is 20.8 Å². The topological polar surface area (TPSA) is 98.0 Å². The van der Waals surface area contributed by atoms with Crippen molar-refractivity contribution in [1.29, 1.82) is 0 Å². The van der Waals surface area contributed by atoms with Crippen molar-refractivity contribution >= 4 is 11.9 Å². The van der Waals surface area contributed by atoms with Crippen molar-refractivity contribution in [3.63, 3.8) is 0 Å². The van der Waals surface area contributed by atoms with Crippen LogP contribution in [0.15, 0.2) is 16.5 Å². The summed E-state index contributed by atoms with van der Waals surface area (Å²) < 4.78 is 15.8. The number of hydrogen-bond acceptors (Lipinski definition) is 5. The zero-order chi connectivity index (χ0) is 15.1. The quantitative estimate of drug-likeness (QED) is 0.699. The molecule has 1 aliphatic rings. The first-order chi connectivity index (χ1) is 10.1. The van der Waals surface area contributed by atoms with E-state index in [1.54, 1.807) is 0 Å². The van der Waals surface area contributed by atoms with Gasteiger partial charge in [0, 0.05) is 13.0 Å². The van der Waals surface area contributed by atoms with Gasteiger partial charge in [-0.1, -0.05) is 0 Å². The number of hydrogen-bond donors (Lipinski definition) is 2. The van der Waals surface area contributed by atoms with E-state index in [4.69, 9.17) is 19.0 Å². The molecule has 0 spiro atoms. The second kappa shape index (κ2) is 7.80. The van der Waals surface area contributed by atoms with E-state index in [1.807, 2.05) is 0 Å². The Hall–Kier alpha value is -1.86. The molecule has 1 amide bonds. The molecular weight excluding hydrogens is 278 g/mol. The first-order valence-corrected chi connectivity index (χ1v) is 6.93. The Bertz CT molecular complexity index is 478. The predicted molar refractivity (Wildman–Crippen MR) is 71.9 cm³/mol. The van der Waals surface area contributed by atoms with Crippen molar-refractivity contribution in [3.8, 4) is 0 Å². The molecule has 1 atom stereocenters. The van der Waals surface area contributed by atoms with Gasteiger partial charge in [0.25, 0.3) is 0 Å². The van der Waals surface area contributed by atoms with Gasteiger partial charge in [-0.25, -0.2) is 4.79 Å². The molecule has 1 aromatic rings. The first kappa shape index (κ1) is 15.5. The van der Waals surface area contributed by atoms with Crippen LogP contribution in [-0.4, -0.2) is 42.9 Å². The van der Waals surface area contributed by atoms with Crippen molar-refractivity contribution in [2.24, 2.45) is 0 Å². The molecule has 1 aromatic heterocycles. The number of rotatable bonds is 8. The minimum Gasteiger partial charge on any atom is -0.475 e. The largest absolute Gasteiger partial charge is 0.475 e. The van der Waals surface area contributed by atoms with Crippen molar-refractivity contribution < 1.29 is 28.6 Å². The number of amides is 1. The normalized spacial score (nSPS) is 17.8. The van der Waals surface area contributed by atoms with Crippen LogP contribution in [0.5, 0.6) is 0 Å². The lowest BCUT2D eigenvalue weighted by Crippen LogP contribution is -2.24. The number of furan rings is 1. The molecule has 0 saturated carbocycles. The van der Waals surface area contributed by atoms with Gasteiger partial charge >= 0.3 is 5.97 Å². The van der Waals surface area contributed by atoms with Gasteiger partial charge in [0.2, 0.25) is 11.7 Å². The Morgan fingerprint density at radius 1 is 1.43 bits per heavy atom. The first-order valence-electron chi connectivity index (χ1n) is 6.93. The molecule has 2 rings (SSSR count). The highest BCUT2D eigenvalue weighted by molar-refractivity contribution is 5.84. The van der Waals surface area contributed by atoms with Crippen LogP contribution in [0, 0.1) is 0 Å². The highest BCUT2D eigenvalue weighted by Crippen LogP contribution is 2.12. The van der Waals surface area contributed by atoms with E-state index in [-0.39, 0.29) is 30.7 Å². The molecule has 1 saturated heterocycles. The van der Waals surface area contributed by atoms with E-state index >= 15 is 0 Å². The van der Waals surface area contributed by atoms with Gasteiger partial charge in [0.15, 0.2) is 0 Å². The summed E-state index contributed by atoms with van der Waals surface area (Å²) in [7, 11) is 0. The molecule has 0 bridgehead atoms. The third kappa shape index (κ3) is 5.20. The van der Waals surface area contributed by atoms with E-state index in [9.17, 15) is 9.59 Å².